The van der Waals surface area contributed by atoms with Gasteiger partial charge in [-0.1, -0.05) is 12.1 Å². The molecule has 1 saturated heterocycles. The molecule has 3 aromatic rings. The van der Waals surface area contributed by atoms with E-state index in [0.717, 1.165) is 53.6 Å². The number of anilines is 1. The van der Waals surface area contributed by atoms with Crippen LogP contribution in [0.25, 0.3) is 11.0 Å². The van der Waals surface area contributed by atoms with Crippen molar-refractivity contribution >= 4 is 22.9 Å². The van der Waals surface area contributed by atoms with Crippen LogP contribution in [0.2, 0.25) is 0 Å². The lowest BCUT2D eigenvalue weighted by molar-refractivity contribution is -0.126. The van der Waals surface area contributed by atoms with E-state index in [1.54, 1.807) is 0 Å². The van der Waals surface area contributed by atoms with E-state index in [1.807, 2.05) is 51.1 Å². The van der Waals surface area contributed by atoms with Crippen molar-refractivity contribution in [2.45, 2.75) is 39.7 Å². The Balaban J connectivity index is 1.43. The van der Waals surface area contributed by atoms with Gasteiger partial charge in [-0.15, -0.1) is 0 Å². The van der Waals surface area contributed by atoms with Gasteiger partial charge in [-0.2, -0.15) is 0 Å². The maximum atomic E-state index is 12.9. The Hall–Kier alpha value is -2.96. The van der Waals surface area contributed by atoms with Crippen molar-refractivity contribution < 1.29 is 4.79 Å². The molecule has 1 amide bonds. The number of hydrogen-bond acceptors (Lipinski definition) is 5. The molecule has 2 N–H and O–H groups in total. The van der Waals surface area contributed by atoms with Gasteiger partial charge in [-0.05, 0) is 51.8 Å². The first-order valence-corrected chi connectivity index (χ1v) is 9.82. The van der Waals surface area contributed by atoms with Crippen LogP contribution in [0.3, 0.4) is 0 Å². The van der Waals surface area contributed by atoms with Crippen LogP contribution in [0.15, 0.2) is 30.3 Å². The summed E-state index contributed by atoms with van der Waals surface area (Å²) in [7, 11) is 0. The van der Waals surface area contributed by atoms with E-state index in [9.17, 15) is 4.79 Å². The average Bonchev–Trinajstić information content (AvgIpc) is 3.12. The molecule has 0 radical (unpaired) electrons. The summed E-state index contributed by atoms with van der Waals surface area (Å²) in [6, 6.07) is 9.68. The van der Waals surface area contributed by atoms with Crippen molar-refractivity contribution in [3.05, 3.63) is 47.5 Å². The Morgan fingerprint density at radius 1 is 1.21 bits per heavy atom. The highest BCUT2D eigenvalue weighted by molar-refractivity contribution is 5.80. The summed E-state index contributed by atoms with van der Waals surface area (Å²) < 4.78 is 0. The fraction of sp³-hybridized carbons (Fsp3) is 0.429. The van der Waals surface area contributed by atoms with Crippen LogP contribution in [0.1, 0.15) is 43.0 Å². The predicted molar refractivity (Wildman–Crippen MR) is 109 cm³/mol. The number of rotatable bonds is 4. The van der Waals surface area contributed by atoms with Gasteiger partial charge in [0.1, 0.15) is 5.82 Å². The molecule has 1 aromatic carbocycles. The van der Waals surface area contributed by atoms with Crippen LogP contribution in [0.5, 0.6) is 0 Å². The molecule has 2 aromatic heterocycles. The zero-order chi connectivity index (χ0) is 19.7. The van der Waals surface area contributed by atoms with Crippen LogP contribution in [0, 0.1) is 19.8 Å². The zero-order valence-electron chi connectivity index (χ0n) is 16.6. The second kappa shape index (κ2) is 7.58. The van der Waals surface area contributed by atoms with Crippen molar-refractivity contribution in [1.82, 2.24) is 25.3 Å². The molecule has 0 spiro atoms. The van der Waals surface area contributed by atoms with Gasteiger partial charge >= 0.3 is 0 Å². The van der Waals surface area contributed by atoms with Gasteiger partial charge in [0.05, 0.1) is 23.0 Å². The zero-order valence-corrected chi connectivity index (χ0v) is 16.6. The van der Waals surface area contributed by atoms with Gasteiger partial charge in [0, 0.05) is 24.5 Å². The number of fused-ring (bicyclic) bond motifs is 1. The molecule has 0 bridgehead atoms. The minimum atomic E-state index is -0.173. The molecule has 146 valence electrons. The first kappa shape index (κ1) is 18.4. The fourth-order valence-electron chi connectivity index (χ4n) is 3.80. The molecule has 1 aliphatic rings. The van der Waals surface area contributed by atoms with Gasteiger partial charge in [-0.3, -0.25) is 4.79 Å². The summed E-state index contributed by atoms with van der Waals surface area (Å²) in [4.78, 5) is 32.0. The van der Waals surface area contributed by atoms with Crippen LogP contribution < -0.4 is 10.2 Å². The van der Waals surface area contributed by atoms with Crippen LogP contribution in [0.4, 0.5) is 5.95 Å². The highest BCUT2D eigenvalue weighted by Gasteiger charge is 2.28. The predicted octanol–water partition coefficient (Wildman–Crippen LogP) is 3.06. The average molecular weight is 378 g/mol. The number of aromatic amines is 1. The van der Waals surface area contributed by atoms with Crippen LogP contribution in [-0.4, -0.2) is 38.9 Å². The third-order valence-corrected chi connectivity index (χ3v) is 5.22. The summed E-state index contributed by atoms with van der Waals surface area (Å²) in [6.45, 7) is 7.43. The molecule has 4 rings (SSSR count). The quantitative estimate of drug-likeness (QED) is 0.729. The number of carbonyl (C=O) groups is 1. The molecule has 2 atom stereocenters. The molecule has 7 nitrogen and oxygen atoms in total. The highest BCUT2D eigenvalue weighted by Crippen LogP contribution is 2.22. The molecule has 0 saturated carbocycles. The van der Waals surface area contributed by atoms with E-state index in [0.29, 0.717) is 6.54 Å². The molecular weight excluding hydrogens is 352 g/mol. The number of aryl methyl sites for hydroxylation is 2. The minimum absolute atomic E-state index is 0.0574. The van der Waals surface area contributed by atoms with Crippen LogP contribution in [-0.2, 0) is 4.79 Å². The minimum Gasteiger partial charge on any atom is -0.346 e. The van der Waals surface area contributed by atoms with Gasteiger partial charge in [0.15, 0.2) is 0 Å². The number of imidazole rings is 1. The number of aromatic nitrogens is 4. The Kier molecular flexibility index (Phi) is 4.98. The van der Waals surface area contributed by atoms with E-state index in [1.165, 1.54) is 0 Å². The standard InChI is InChI=1S/C21H26N6O/c1-13-11-14(2)23-21(22-13)27-10-6-7-16(12-27)20(28)24-15(3)19-25-17-8-4-5-9-18(17)26-19/h4-5,8-9,11,15-16H,6-7,10,12H2,1-3H3,(H,24,28)(H,25,26). The Bertz CT molecular complexity index is 944. The Labute approximate surface area is 164 Å². The monoisotopic (exact) mass is 378 g/mol. The third-order valence-electron chi connectivity index (χ3n) is 5.22. The Morgan fingerprint density at radius 3 is 2.71 bits per heavy atom. The van der Waals surface area contributed by atoms with Gasteiger partial charge in [0.25, 0.3) is 0 Å². The number of hydrogen-bond donors (Lipinski definition) is 2. The third kappa shape index (κ3) is 3.83. The molecule has 7 heteroatoms. The van der Waals surface area contributed by atoms with E-state index in [4.69, 9.17) is 0 Å². The maximum absolute atomic E-state index is 12.9. The summed E-state index contributed by atoms with van der Waals surface area (Å²) in [5, 5.41) is 3.12. The van der Waals surface area contributed by atoms with E-state index in [-0.39, 0.29) is 17.9 Å². The first-order valence-electron chi connectivity index (χ1n) is 9.82. The number of benzene rings is 1. The maximum Gasteiger partial charge on any atom is 0.225 e. The van der Waals surface area contributed by atoms with Crippen molar-refractivity contribution in [3.8, 4) is 0 Å². The lowest BCUT2D eigenvalue weighted by Crippen LogP contribution is -2.44. The Morgan fingerprint density at radius 2 is 1.96 bits per heavy atom. The van der Waals surface area contributed by atoms with Crippen molar-refractivity contribution in [1.29, 1.82) is 0 Å². The summed E-state index contributed by atoms with van der Waals surface area (Å²) in [5.74, 6) is 1.48. The molecule has 2 unspecified atom stereocenters. The highest BCUT2D eigenvalue weighted by atomic mass is 16.2. The van der Waals surface area contributed by atoms with E-state index in [2.05, 4.69) is 30.2 Å². The van der Waals surface area contributed by atoms with Crippen molar-refractivity contribution in [2.24, 2.45) is 5.92 Å². The first-order chi connectivity index (χ1) is 13.5. The molecular formula is C21H26N6O. The second-order valence-electron chi connectivity index (χ2n) is 7.61. The van der Waals surface area contributed by atoms with Crippen molar-refractivity contribution in [2.75, 3.05) is 18.0 Å². The number of piperidine rings is 1. The topological polar surface area (TPSA) is 86.8 Å². The summed E-state index contributed by atoms with van der Waals surface area (Å²) >= 11 is 0. The number of H-pyrrole nitrogens is 1. The van der Waals surface area contributed by atoms with Gasteiger partial charge < -0.3 is 15.2 Å². The lowest BCUT2D eigenvalue weighted by atomic mass is 9.97. The molecule has 1 fully saturated rings. The summed E-state index contributed by atoms with van der Waals surface area (Å²) in [6.07, 6.45) is 1.83. The smallest absolute Gasteiger partial charge is 0.225 e. The number of amides is 1. The van der Waals surface area contributed by atoms with E-state index >= 15 is 0 Å². The number of carbonyl (C=O) groups excluding carboxylic acids is 1. The second-order valence-corrected chi connectivity index (χ2v) is 7.61. The molecule has 1 aliphatic heterocycles. The molecule has 0 aliphatic carbocycles. The van der Waals surface area contributed by atoms with Gasteiger partial charge in [-0.25, -0.2) is 15.0 Å². The fourth-order valence-corrected chi connectivity index (χ4v) is 3.80. The largest absolute Gasteiger partial charge is 0.346 e. The number of para-hydroxylation sites is 2. The normalized spacial score (nSPS) is 18.2. The molecule has 28 heavy (non-hydrogen) atoms. The summed E-state index contributed by atoms with van der Waals surface area (Å²) in [5.41, 5.74) is 3.80. The van der Waals surface area contributed by atoms with Crippen molar-refractivity contribution in [3.63, 3.8) is 0 Å². The molecule has 3 heterocycles. The van der Waals surface area contributed by atoms with Gasteiger partial charge in [0.2, 0.25) is 11.9 Å². The van der Waals surface area contributed by atoms with Crippen LogP contribution >= 0.6 is 0 Å². The van der Waals surface area contributed by atoms with E-state index < -0.39 is 0 Å². The lowest BCUT2D eigenvalue weighted by Gasteiger charge is -2.32. The SMILES string of the molecule is Cc1cc(C)nc(N2CCCC(C(=O)NC(C)c3nc4ccccc4[nH]3)C2)n1. The number of nitrogens with one attached hydrogen (secondary N) is 2. The number of nitrogens with zero attached hydrogens (tertiary/aromatic N) is 4.